The maximum atomic E-state index is 13.0. The third-order valence-corrected chi connectivity index (χ3v) is 5.04. The molecule has 1 aromatic heterocycles. The molecule has 6 heteroatoms. The van der Waals surface area contributed by atoms with Crippen LogP contribution in [0.2, 0.25) is 0 Å². The van der Waals surface area contributed by atoms with Gasteiger partial charge in [-0.05, 0) is 36.1 Å². The number of amides is 1. The first-order valence-electron chi connectivity index (χ1n) is 9.57. The number of carbonyl (C=O) groups excluding carboxylic acids is 1. The summed E-state index contributed by atoms with van der Waals surface area (Å²) in [5.74, 6) is 0.572. The van der Waals surface area contributed by atoms with Crippen molar-refractivity contribution in [3.05, 3.63) is 72.0 Å². The van der Waals surface area contributed by atoms with Crippen molar-refractivity contribution in [2.45, 2.75) is 25.3 Å². The third kappa shape index (κ3) is 4.39. The van der Waals surface area contributed by atoms with Gasteiger partial charge in [0.1, 0.15) is 5.82 Å². The Balaban J connectivity index is 1.36. The average Bonchev–Trinajstić information content (AvgIpc) is 3.21. The molecule has 2 heterocycles. The Hall–Kier alpha value is -3.15. The minimum absolute atomic E-state index is 0.0366. The standard InChI is InChI=1S/C22H23FN4O/c23-18-10-8-16(9-11-18)13-22(28)24-19-7-4-12-27(15-19)21-14-20(25-26-21)17-5-2-1-3-6-17/h1-3,5-6,8-11,14,19H,4,7,12-13,15H2,(H,24,28)(H,25,26)/t19-/m0/s1. The highest BCUT2D eigenvalue weighted by Crippen LogP contribution is 2.24. The monoisotopic (exact) mass is 378 g/mol. The van der Waals surface area contributed by atoms with Gasteiger partial charge in [0.25, 0.3) is 0 Å². The predicted octanol–water partition coefficient (Wildman–Crippen LogP) is 3.54. The van der Waals surface area contributed by atoms with Crippen molar-refractivity contribution in [3.8, 4) is 11.3 Å². The van der Waals surface area contributed by atoms with Crippen molar-refractivity contribution in [1.29, 1.82) is 0 Å². The summed E-state index contributed by atoms with van der Waals surface area (Å²) in [5.41, 5.74) is 2.90. The molecule has 0 bridgehead atoms. The molecule has 0 saturated carbocycles. The van der Waals surface area contributed by atoms with Gasteiger partial charge >= 0.3 is 0 Å². The lowest BCUT2D eigenvalue weighted by Gasteiger charge is -2.33. The second-order valence-electron chi connectivity index (χ2n) is 7.16. The number of hydrogen-bond donors (Lipinski definition) is 2. The predicted molar refractivity (Wildman–Crippen MR) is 108 cm³/mol. The zero-order valence-corrected chi connectivity index (χ0v) is 15.6. The maximum Gasteiger partial charge on any atom is 0.224 e. The number of anilines is 1. The van der Waals surface area contributed by atoms with Gasteiger partial charge in [-0.2, -0.15) is 5.10 Å². The van der Waals surface area contributed by atoms with E-state index in [1.54, 1.807) is 12.1 Å². The van der Waals surface area contributed by atoms with Gasteiger partial charge < -0.3 is 10.2 Å². The molecule has 1 aliphatic heterocycles. The Kier molecular flexibility index (Phi) is 5.37. The first-order valence-corrected chi connectivity index (χ1v) is 9.57. The molecule has 3 aromatic rings. The van der Waals surface area contributed by atoms with E-state index in [1.807, 2.05) is 30.3 Å². The fourth-order valence-corrected chi connectivity index (χ4v) is 3.61. The summed E-state index contributed by atoms with van der Waals surface area (Å²) in [7, 11) is 0. The second kappa shape index (κ2) is 8.25. The summed E-state index contributed by atoms with van der Waals surface area (Å²) in [6.45, 7) is 1.65. The second-order valence-corrected chi connectivity index (χ2v) is 7.16. The quantitative estimate of drug-likeness (QED) is 0.714. The highest BCUT2D eigenvalue weighted by molar-refractivity contribution is 5.79. The number of H-pyrrole nitrogens is 1. The van der Waals surface area contributed by atoms with Gasteiger partial charge in [0.05, 0.1) is 12.1 Å². The Morgan fingerprint density at radius 2 is 1.96 bits per heavy atom. The van der Waals surface area contributed by atoms with Crippen LogP contribution in [0.5, 0.6) is 0 Å². The lowest BCUT2D eigenvalue weighted by molar-refractivity contribution is -0.121. The number of carbonyl (C=O) groups is 1. The van der Waals surface area contributed by atoms with Crippen molar-refractivity contribution in [3.63, 3.8) is 0 Å². The molecule has 5 nitrogen and oxygen atoms in total. The highest BCUT2D eigenvalue weighted by Gasteiger charge is 2.23. The van der Waals surface area contributed by atoms with Crippen LogP contribution in [0.25, 0.3) is 11.3 Å². The maximum absolute atomic E-state index is 13.0. The van der Waals surface area contributed by atoms with Gasteiger partial charge in [0, 0.05) is 25.2 Å². The van der Waals surface area contributed by atoms with Gasteiger partial charge in [-0.3, -0.25) is 9.89 Å². The number of nitrogens with zero attached hydrogens (tertiary/aromatic N) is 2. The molecule has 4 rings (SSSR count). The Labute approximate surface area is 163 Å². The van der Waals surface area contributed by atoms with Crippen LogP contribution in [0.15, 0.2) is 60.7 Å². The molecule has 1 aliphatic rings. The lowest BCUT2D eigenvalue weighted by atomic mass is 10.0. The summed E-state index contributed by atoms with van der Waals surface area (Å²) in [4.78, 5) is 14.6. The normalized spacial score (nSPS) is 16.8. The molecule has 1 atom stereocenters. The minimum Gasteiger partial charge on any atom is -0.353 e. The van der Waals surface area contributed by atoms with Crippen LogP contribution in [0.3, 0.4) is 0 Å². The fourth-order valence-electron chi connectivity index (χ4n) is 3.61. The minimum atomic E-state index is -0.291. The summed E-state index contributed by atoms with van der Waals surface area (Å²) in [6, 6.07) is 18.3. The molecule has 0 unspecified atom stereocenters. The Bertz CT molecular complexity index is 923. The van der Waals surface area contributed by atoms with Crippen molar-refractivity contribution in [2.24, 2.45) is 0 Å². The van der Waals surface area contributed by atoms with E-state index in [0.717, 1.165) is 48.6 Å². The molecule has 0 radical (unpaired) electrons. The van der Waals surface area contributed by atoms with Crippen LogP contribution >= 0.6 is 0 Å². The number of hydrogen-bond acceptors (Lipinski definition) is 3. The molecule has 2 aromatic carbocycles. The molecule has 0 aliphatic carbocycles. The van der Waals surface area contributed by atoms with Crippen LogP contribution < -0.4 is 10.2 Å². The first-order chi connectivity index (χ1) is 13.7. The number of aromatic amines is 1. The van der Waals surface area contributed by atoms with Gasteiger partial charge in [0.15, 0.2) is 5.82 Å². The molecule has 28 heavy (non-hydrogen) atoms. The van der Waals surface area contributed by atoms with E-state index in [4.69, 9.17) is 0 Å². The van der Waals surface area contributed by atoms with Crippen molar-refractivity contribution in [1.82, 2.24) is 15.5 Å². The van der Waals surface area contributed by atoms with Crippen LogP contribution in [0.1, 0.15) is 18.4 Å². The summed E-state index contributed by atoms with van der Waals surface area (Å²) >= 11 is 0. The van der Waals surface area contributed by atoms with Crippen LogP contribution in [0.4, 0.5) is 10.2 Å². The molecular weight excluding hydrogens is 355 g/mol. The van der Waals surface area contributed by atoms with Gasteiger partial charge in [0.2, 0.25) is 5.91 Å². The average molecular weight is 378 g/mol. The highest BCUT2D eigenvalue weighted by atomic mass is 19.1. The SMILES string of the molecule is O=C(Cc1ccc(F)cc1)N[C@H]1CCCN(c2cc(-c3ccccc3)[nH]n2)C1. The number of benzene rings is 2. The summed E-state index contributed by atoms with van der Waals surface area (Å²) < 4.78 is 13.0. The van der Waals surface area contributed by atoms with Crippen LogP contribution in [0, 0.1) is 5.82 Å². The third-order valence-electron chi connectivity index (χ3n) is 5.04. The molecule has 1 fully saturated rings. The van der Waals surface area contributed by atoms with Gasteiger partial charge in [-0.1, -0.05) is 42.5 Å². The molecule has 1 amide bonds. The van der Waals surface area contributed by atoms with Crippen molar-refractivity contribution in [2.75, 3.05) is 18.0 Å². The smallest absolute Gasteiger partial charge is 0.224 e. The van der Waals surface area contributed by atoms with E-state index in [9.17, 15) is 9.18 Å². The molecule has 0 spiro atoms. The lowest BCUT2D eigenvalue weighted by Crippen LogP contribution is -2.48. The molecule has 144 valence electrons. The van der Waals surface area contributed by atoms with E-state index in [2.05, 4.69) is 26.5 Å². The van der Waals surface area contributed by atoms with Crippen molar-refractivity contribution < 1.29 is 9.18 Å². The van der Waals surface area contributed by atoms with Crippen molar-refractivity contribution >= 4 is 11.7 Å². The van der Waals surface area contributed by atoms with E-state index >= 15 is 0 Å². The summed E-state index contributed by atoms with van der Waals surface area (Å²) in [5, 5.41) is 10.7. The van der Waals surface area contributed by atoms with Gasteiger partial charge in [-0.15, -0.1) is 0 Å². The zero-order chi connectivity index (χ0) is 19.3. The first kappa shape index (κ1) is 18.2. The van der Waals surface area contributed by atoms with E-state index in [-0.39, 0.29) is 24.2 Å². The molecule has 2 N–H and O–H groups in total. The summed E-state index contributed by atoms with van der Waals surface area (Å²) in [6.07, 6.45) is 2.20. The van der Waals surface area contributed by atoms with Crippen LogP contribution in [-0.2, 0) is 11.2 Å². The Morgan fingerprint density at radius 1 is 1.18 bits per heavy atom. The largest absolute Gasteiger partial charge is 0.353 e. The number of rotatable bonds is 5. The number of piperidine rings is 1. The zero-order valence-electron chi connectivity index (χ0n) is 15.6. The van der Waals surface area contributed by atoms with Crippen LogP contribution in [-0.4, -0.2) is 35.2 Å². The van der Waals surface area contributed by atoms with Gasteiger partial charge in [-0.25, -0.2) is 4.39 Å². The molecule has 1 saturated heterocycles. The number of nitrogens with one attached hydrogen (secondary N) is 2. The Morgan fingerprint density at radius 3 is 2.75 bits per heavy atom. The van der Waals surface area contributed by atoms with E-state index in [1.165, 1.54) is 12.1 Å². The fraction of sp³-hybridized carbons (Fsp3) is 0.273. The number of aromatic nitrogens is 2. The topological polar surface area (TPSA) is 61.0 Å². The number of halogens is 1. The molecular formula is C22H23FN4O. The van der Waals surface area contributed by atoms with E-state index in [0.29, 0.717) is 0 Å². The van der Waals surface area contributed by atoms with E-state index < -0.39 is 0 Å².